The minimum Gasteiger partial charge on any atom is -0.756 e. The summed E-state index contributed by atoms with van der Waals surface area (Å²) in [5.74, 6) is -0.343. The number of phosphoric acid groups is 1. The number of unbranched alkanes of at least 4 members (excludes halogenated alkanes) is 30. The topological polar surface area (TPSA) is 94.1 Å². The fourth-order valence-electron chi connectivity index (χ4n) is 7.28. The van der Waals surface area contributed by atoms with Crippen LogP contribution < -0.4 is 4.89 Å². The molecule has 0 rings (SSSR count). The summed E-state index contributed by atoms with van der Waals surface area (Å²) in [6, 6.07) is 0. The second kappa shape index (κ2) is 44.6. The van der Waals surface area contributed by atoms with Crippen LogP contribution in [0.25, 0.3) is 0 Å². The molecular formula is C51H100NO7P. The van der Waals surface area contributed by atoms with Gasteiger partial charge < -0.3 is 27.9 Å². The Balaban J connectivity index is 4.08. The molecule has 0 bridgehead atoms. The Hall–Kier alpha value is -1.02. The van der Waals surface area contributed by atoms with Gasteiger partial charge in [-0.2, -0.15) is 0 Å². The number of quaternary nitrogens is 1. The largest absolute Gasteiger partial charge is 0.756 e. The van der Waals surface area contributed by atoms with E-state index in [2.05, 4.69) is 38.2 Å². The Morgan fingerprint density at radius 3 is 1.38 bits per heavy atom. The maximum atomic E-state index is 12.7. The van der Waals surface area contributed by atoms with Crippen LogP contribution in [-0.2, 0) is 27.9 Å². The lowest BCUT2D eigenvalue weighted by molar-refractivity contribution is -0.870. The van der Waals surface area contributed by atoms with Gasteiger partial charge in [-0.15, -0.1) is 0 Å². The molecule has 0 heterocycles. The fraction of sp³-hybridized carbons (Fsp3) is 0.902. The standard InChI is InChI=1S/C51H100NO7P/c1-6-8-10-12-14-16-18-20-22-23-24-25-26-27-28-29-31-33-35-37-39-41-43-46-56-48-50(49-58-60(54,55)57-47-45-52(3,4)5)59-51(53)44-42-40-38-36-34-32-30-21-19-17-15-13-11-9-7-2/h15,17,21,30,50H,6-14,16,18-20,22-29,31-49H2,1-5H3/b17-15-,30-21-. The van der Waals surface area contributed by atoms with Gasteiger partial charge in [0.1, 0.15) is 19.3 Å². The van der Waals surface area contributed by atoms with Gasteiger partial charge in [-0.25, -0.2) is 0 Å². The second-order valence-corrected chi connectivity index (χ2v) is 19.9. The molecule has 0 saturated carbocycles. The number of nitrogens with zero attached hydrogens (tertiary/aromatic N) is 1. The molecule has 0 aromatic carbocycles. The second-order valence-electron chi connectivity index (χ2n) is 18.5. The SMILES string of the molecule is CCCCC/C=C\C/C=C\CCCCCCCC(=O)OC(COCCCCCCCCCCCCCCCCCCCCCCCCC)COP(=O)([O-])OCC[N+](C)(C)C. The normalized spacial score (nSPS) is 13.8. The first-order chi connectivity index (χ1) is 29.1. The van der Waals surface area contributed by atoms with Gasteiger partial charge in [0.25, 0.3) is 7.82 Å². The molecule has 0 amide bonds. The van der Waals surface area contributed by atoms with Crippen LogP contribution in [0.1, 0.15) is 239 Å². The molecule has 356 valence electrons. The van der Waals surface area contributed by atoms with E-state index in [4.69, 9.17) is 18.5 Å². The maximum Gasteiger partial charge on any atom is 0.306 e. The zero-order chi connectivity index (χ0) is 44.1. The highest BCUT2D eigenvalue weighted by Gasteiger charge is 2.20. The molecule has 60 heavy (non-hydrogen) atoms. The van der Waals surface area contributed by atoms with Crippen molar-refractivity contribution in [3.8, 4) is 0 Å². The summed E-state index contributed by atoms with van der Waals surface area (Å²) in [6.45, 7) is 5.41. The number of hydrogen-bond acceptors (Lipinski definition) is 7. The van der Waals surface area contributed by atoms with Crippen LogP contribution in [0, 0.1) is 0 Å². The van der Waals surface area contributed by atoms with Crippen LogP contribution >= 0.6 is 7.82 Å². The number of carbonyl (C=O) groups is 1. The summed E-state index contributed by atoms with van der Waals surface area (Å²) >= 11 is 0. The van der Waals surface area contributed by atoms with Crippen molar-refractivity contribution >= 4 is 13.8 Å². The van der Waals surface area contributed by atoms with E-state index in [0.717, 1.165) is 57.8 Å². The van der Waals surface area contributed by atoms with Gasteiger partial charge in [0.2, 0.25) is 0 Å². The Morgan fingerprint density at radius 2 is 0.917 bits per heavy atom. The lowest BCUT2D eigenvalue weighted by Gasteiger charge is -2.28. The summed E-state index contributed by atoms with van der Waals surface area (Å²) in [4.78, 5) is 25.1. The molecule has 0 spiro atoms. The molecule has 0 N–H and O–H groups in total. The van der Waals surface area contributed by atoms with Crippen molar-refractivity contribution in [2.75, 3.05) is 54.1 Å². The zero-order valence-electron chi connectivity index (χ0n) is 40.4. The quantitative estimate of drug-likeness (QED) is 0.0198. The maximum absolute atomic E-state index is 12.7. The summed E-state index contributed by atoms with van der Waals surface area (Å²) in [5, 5.41) is 0. The summed E-state index contributed by atoms with van der Waals surface area (Å²) in [7, 11) is 1.36. The van der Waals surface area contributed by atoms with Gasteiger partial charge in [-0.1, -0.05) is 212 Å². The molecule has 0 radical (unpaired) electrons. The molecule has 2 unspecified atom stereocenters. The van der Waals surface area contributed by atoms with Gasteiger partial charge in [-0.05, 0) is 44.9 Å². The van der Waals surface area contributed by atoms with E-state index in [1.807, 2.05) is 21.1 Å². The van der Waals surface area contributed by atoms with Crippen LogP contribution in [0.5, 0.6) is 0 Å². The molecule has 0 saturated heterocycles. The van der Waals surface area contributed by atoms with E-state index < -0.39 is 13.9 Å². The van der Waals surface area contributed by atoms with E-state index in [1.165, 1.54) is 161 Å². The number of allylic oxidation sites excluding steroid dienone is 4. The predicted molar refractivity (Wildman–Crippen MR) is 254 cm³/mol. The first-order valence-electron chi connectivity index (χ1n) is 25.6. The van der Waals surface area contributed by atoms with Crippen molar-refractivity contribution in [3.05, 3.63) is 24.3 Å². The van der Waals surface area contributed by atoms with Crippen LogP contribution in [0.3, 0.4) is 0 Å². The third kappa shape index (κ3) is 48.0. The van der Waals surface area contributed by atoms with Gasteiger partial charge >= 0.3 is 5.97 Å². The van der Waals surface area contributed by atoms with Gasteiger partial charge in [-0.3, -0.25) is 9.36 Å². The third-order valence-corrected chi connectivity index (χ3v) is 12.2. The number of hydrogen-bond donors (Lipinski definition) is 0. The number of likely N-dealkylation sites (N-methyl/N-ethyl adjacent to an activating group) is 1. The number of ether oxygens (including phenoxy) is 2. The number of carbonyl (C=O) groups excluding carboxylic acids is 1. The Kier molecular flexibility index (Phi) is 43.8. The molecule has 0 aliphatic rings. The van der Waals surface area contributed by atoms with Gasteiger partial charge in [0.05, 0.1) is 34.4 Å². The van der Waals surface area contributed by atoms with Crippen LogP contribution in [0.15, 0.2) is 24.3 Å². The number of phosphoric ester groups is 1. The minimum absolute atomic E-state index is 0.0254. The summed E-state index contributed by atoms with van der Waals surface area (Å²) in [5.41, 5.74) is 0. The number of esters is 1. The highest BCUT2D eigenvalue weighted by Crippen LogP contribution is 2.38. The molecule has 8 nitrogen and oxygen atoms in total. The van der Waals surface area contributed by atoms with Crippen LogP contribution in [0.4, 0.5) is 0 Å². The molecule has 9 heteroatoms. The molecular weight excluding hydrogens is 770 g/mol. The van der Waals surface area contributed by atoms with Crippen molar-refractivity contribution in [2.45, 2.75) is 245 Å². The number of rotatable bonds is 48. The summed E-state index contributed by atoms with van der Waals surface area (Å²) < 4.78 is 34.7. The Bertz CT molecular complexity index is 1010. The molecule has 0 aromatic heterocycles. The molecule has 0 aromatic rings. The van der Waals surface area contributed by atoms with Crippen LogP contribution in [-0.4, -0.2) is 70.7 Å². The Labute approximate surface area is 373 Å². The first-order valence-corrected chi connectivity index (χ1v) is 27.0. The third-order valence-electron chi connectivity index (χ3n) is 11.3. The monoisotopic (exact) mass is 870 g/mol. The smallest absolute Gasteiger partial charge is 0.306 e. The molecule has 2 atom stereocenters. The lowest BCUT2D eigenvalue weighted by atomic mass is 10.0. The average molecular weight is 870 g/mol. The van der Waals surface area contributed by atoms with Gasteiger partial charge in [0.15, 0.2) is 0 Å². The average Bonchev–Trinajstić information content (AvgIpc) is 3.20. The van der Waals surface area contributed by atoms with E-state index in [1.54, 1.807) is 0 Å². The molecule has 0 fully saturated rings. The zero-order valence-corrected chi connectivity index (χ0v) is 41.3. The van der Waals surface area contributed by atoms with Crippen molar-refractivity contribution < 1.29 is 37.3 Å². The highest BCUT2D eigenvalue weighted by molar-refractivity contribution is 7.45. The van der Waals surface area contributed by atoms with Crippen LogP contribution in [0.2, 0.25) is 0 Å². The van der Waals surface area contributed by atoms with E-state index in [9.17, 15) is 14.3 Å². The lowest BCUT2D eigenvalue weighted by Crippen LogP contribution is -2.37. The van der Waals surface area contributed by atoms with Gasteiger partial charge in [0, 0.05) is 13.0 Å². The van der Waals surface area contributed by atoms with E-state index in [-0.39, 0.29) is 25.8 Å². The Morgan fingerprint density at radius 1 is 0.517 bits per heavy atom. The van der Waals surface area contributed by atoms with Crippen molar-refractivity contribution in [1.82, 2.24) is 0 Å². The first kappa shape index (κ1) is 59.0. The van der Waals surface area contributed by atoms with Crippen molar-refractivity contribution in [2.24, 2.45) is 0 Å². The van der Waals surface area contributed by atoms with Crippen molar-refractivity contribution in [3.63, 3.8) is 0 Å². The molecule has 0 aliphatic heterocycles. The fourth-order valence-corrected chi connectivity index (χ4v) is 8.01. The van der Waals surface area contributed by atoms with E-state index in [0.29, 0.717) is 24.1 Å². The predicted octanol–water partition coefficient (Wildman–Crippen LogP) is 14.9. The minimum atomic E-state index is -4.53. The van der Waals surface area contributed by atoms with E-state index >= 15 is 0 Å². The molecule has 0 aliphatic carbocycles. The highest BCUT2D eigenvalue weighted by atomic mass is 31.2. The summed E-state index contributed by atoms with van der Waals surface area (Å²) in [6.07, 6.45) is 52.0. The van der Waals surface area contributed by atoms with Crippen molar-refractivity contribution in [1.29, 1.82) is 0 Å².